The molecule has 0 unspecified atom stereocenters. The maximum atomic E-state index is 4.51. The van der Waals surface area contributed by atoms with Crippen molar-refractivity contribution in [2.45, 2.75) is 33.7 Å². The zero-order chi connectivity index (χ0) is 15.1. The molecule has 0 aliphatic rings. The summed E-state index contributed by atoms with van der Waals surface area (Å²) in [5.41, 5.74) is 2.80. The first kappa shape index (κ1) is 16.0. The summed E-state index contributed by atoms with van der Waals surface area (Å²) in [6.45, 7) is 10.5. The van der Waals surface area contributed by atoms with Crippen molar-refractivity contribution in [1.82, 2.24) is 10.3 Å². The summed E-state index contributed by atoms with van der Waals surface area (Å²) in [7, 11) is 0. The van der Waals surface area contributed by atoms with Gasteiger partial charge in [-0.2, -0.15) is 0 Å². The van der Waals surface area contributed by atoms with Gasteiger partial charge in [0.05, 0.1) is 0 Å². The van der Waals surface area contributed by atoms with Gasteiger partial charge >= 0.3 is 0 Å². The summed E-state index contributed by atoms with van der Waals surface area (Å²) in [4.78, 5) is 8.11. The molecule has 1 aromatic heterocycles. The van der Waals surface area contributed by atoms with Crippen LogP contribution < -0.4 is 10.2 Å². The summed E-state index contributed by atoms with van der Waals surface area (Å²) in [6.07, 6.45) is 3.08. The molecule has 0 aliphatic carbocycles. The zero-order valence-corrected chi connectivity index (χ0v) is 14.0. The normalized spacial score (nSPS) is 10.8. The van der Waals surface area contributed by atoms with Gasteiger partial charge in [0.2, 0.25) is 0 Å². The SMILES string of the molecule is CCN(CC)c1ncc(CNCCc2ccccc2C)s1. The largest absolute Gasteiger partial charge is 0.349 e. The number of hydrogen-bond donors (Lipinski definition) is 1. The van der Waals surface area contributed by atoms with E-state index in [0.29, 0.717) is 0 Å². The van der Waals surface area contributed by atoms with Crippen molar-refractivity contribution < 1.29 is 0 Å². The molecule has 0 amide bonds. The van der Waals surface area contributed by atoms with Crippen LogP contribution in [0.25, 0.3) is 0 Å². The molecule has 0 radical (unpaired) electrons. The van der Waals surface area contributed by atoms with Gasteiger partial charge in [0.15, 0.2) is 5.13 Å². The van der Waals surface area contributed by atoms with Crippen molar-refractivity contribution in [3.8, 4) is 0 Å². The second kappa shape index (κ2) is 8.15. The van der Waals surface area contributed by atoms with Gasteiger partial charge in [-0.15, -0.1) is 11.3 Å². The quantitative estimate of drug-likeness (QED) is 0.755. The lowest BCUT2D eigenvalue weighted by atomic mass is 10.1. The van der Waals surface area contributed by atoms with E-state index in [4.69, 9.17) is 0 Å². The van der Waals surface area contributed by atoms with Crippen LogP contribution in [0.5, 0.6) is 0 Å². The van der Waals surface area contributed by atoms with E-state index in [2.05, 4.69) is 60.2 Å². The monoisotopic (exact) mass is 303 g/mol. The van der Waals surface area contributed by atoms with Crippen LogP contribution in [0.3, 0.4) is 0 Å². The topological polar surface area (TPSA) is 28.2 Å². The smallest absolute Gasteiger partial charge is 0.185 e. The average Bonchev–Trinajstić information content (AvgIpc) is 2.95. The molecule has 0 aliphatic heterocycles. The van der Waals surface area contributed by atoms with Gasteiger partial charge in [0, 0.05) is 30.7 Å². The van der Waals surface area contributed by atoms with E-state index < -0.39 is 0 Å². The van der Waals surface area contributed by atoms with Crippen molar-refractivity contribution >= 4 is 16.5 Å². The fraction of sp³-hybridized carbons (Fsp3) is 0.471. The third-order valence-electron chi connectivity index (χ3n) is 3.71. The Labute approximate surface area is 132 Å². The maximum absolute atomic E-state index is 4.51. The second-order valence-corrected chi connectivity index (χ2v) is 6.23. The maximum Gasteiger partial charge on any atom is 0.185 e. The molecule has 21 heavy (non-hydrogen) atoms. The molecule has 0 atom stereocenters. The summed E-state index contributed by atoms with van der Waals surface area (Å²) >= 11 is 1.79. The van der Waals surface area contributed by atoms with Gasteiger partial charge in [-0.3, -0.25) is 0 Å². The molecule has 0 fully saturated rings. The third kappa shape index (κ3) is 4.55. The lowest BCUT2D eigenvalue weighted by molar-refractivity contribution is 0.691. The van der Waals surface area contributed by atoms with E-state index in [1.54, 1.807) is 11.3 Å². The molecular weight excluding hydrogens is 278 g/mol. The Bertz CT molecular complexity index is 546. The summed E-state index contributed by atoms with van der Waals surface area (Å²) < 4.78 is 0. The number of aryl methyl sites for hydroxylation is 1. The molecule has 0 saturated heterocycles. The number of aromatic nitrogens is 1. The highest BCUT2D eigenvalue weighted by molar-refractivity contribution is 7.15. The summed E-state index contributed by atoms with van der Waals surface area (Å²) in [5.74, 6) is 0. The molecule has 1 N–H and O–H groups in total. The minimum Gasteiger partial charge on any atom is -0.349 e. The zero-order valence-electron chi connectivity index (χ0n) is 13.2. The standard InChI is InChI=1S/C17H25N3S/c1-4-20(5-2)17-19-13-16(21-17)12-18-11-10-15-9-7-6-8-14(15)3/h6-9,13,18H,4-5,10-12H2,1-3H3. The highest BCUT2D eigenvalue weighted by atomic mass is 32.1. The molecule has 114 valence electrons. The first-order valence-corrected chi connectivity index (χ1v) is 8.51. The first-order chi connectivity index (χ1) is 10.2. The molecule has 0 bridgehead atoms. The third-order valence-corrected chi connectivity index (χ3v) is 4.77. The van der Waals surface area contributed by atoms with Crippen LogP contribution in [0.1, 0.15) is 29.9 Å². The van der Waals surface area contributed by atoms with Crippen LogP contribution in [-0.2, 0) is 13.0 Å². The number of benzene rings is 1. The van der Waals surface area contributed by atoms with Crippen LogP contribution in [0.4, 0.5) is 5.13 Å². The van der Waals surface area contributed by atoms with Crippen LogP contribution in [0.15, 0.2) is 30.5 Å². The van der Waals surface area contributed by atoms with E-state index in [0.717, 1.165) is 37.7 Å². The van der Waals surface area contributed by atoms with E-state index in [-0.39, 0.29) is 0 Å². The highest BCUT2D eigenvalue weighted by Crippen LogP contribution is 2.21. The van der Waals surface area contributed by atoms with Crippen LogP contribution in [0, 0.1) is 6.92 Å². The molecule has 2 aromatic rings. The minimum absolute atomic E-state index is 0.908. The molecule has 0 spiro atoms. The lowest BCUT2D eigenvalue weighted by Crippen LogP contribution is -2.21. The van der Waals surface area contributed by atoms with E-state index in [1.165, 1.54) is 16.0 Å². The van der Waals surface area contributed by atoms with Crippen LogP contribution in [0.2, 0.25) is 0 Å². The fourth-order valence-electron chi connectivity index (χ4n) is 2.34. The predicted molar refractivity (Wildman–Crippen MR) is 92.3 cm³/mol. The lowest BCUT2D eigenvalue weighted by Gasteiger charge is -2.16. The number of thiazole rings is 1. The minimum atomic E-state index is 0.908. The number of nitrogens with zero attached hydrogens (tertiary/aromatic N) is 2. The Kier molecular flexibility index (Phi) is 6.21. The number of nitrogens with one attached hydrogen (secondary N) is 1. The molecule has 0 saturated carbocycles. The molecule has 3 nitrogen and oxygen atoms in total. The van der Waals surface area contributed by atoms with E-state index >= 15 is 0 Å². The Balaban J connectivity index is 1.78. The predicted octanol–water partition coefficient (Wildman–Crippen LogP) is 3.63. The molecular formula is C17H25N3S. The average molecular weight is 303 g/mol. The fourth-order valence-corrected chi connectivity index (χ4v) is 3.35. The second-order valence-electron chi connectivity index (χ2n) is 5.13. The van der Waals surface area contributed by atoms with Crippen molar-refractivity contribution in [3.05, 3.63) is 46.5 Å². The van der Waals surface area contributed by atoms with Crippen molar-refractivity contribution in [3.63, 3.8) is 0 Å². The van der Waals surface area contributed by atoms with Gasteiger partial charge in [-0.1, -0.05) is 24.3 Å². The number of hydrogen-bond acceptors (Lipinski definition) is 4. The highest BCUT2D eigenvalue weighted by Gasteiger charge is 2.07. The molecule has 2 rings (SSSR count). The van der Waals surface area contributed by atoms with Crippen LogP contribution >= 0.6 is 11.3 Å². The van der Waals surface area contributed by atoms with E-state index in [9.17, 15) is 0 Å². The number of rotatable bonds is 8. The van der Waals surface area contributed by atoms with Gasteiger partial charge < -0.3 is 10.2 Å². The van der Waals surface area contributed by atoms with Gasteiger partial charge in [0.25, 0.3) is 0 Å². The Morgan fingerprint density at radius 1 is 1.19 bits per heavy atom. The molecule has 1 aromatic carbocycles. The van der Waals surface area contributed by atoms with Crippen molar-refractivity contribution in [2.75, 3.05) is 24.5 Å². The van der Waals surface area contributed by atoms with Gasteiger partial charge in [-0.05, 0) is 44.9 Å². The van der Waals surface area contributed by atoms with Gasteiger partial charge in [-0.25, -0.2) is 4.98 Å². The summed E-state index contributed by atoms with van der Waals surface area (Å²) in [5, 5.41) is 4.65. The molecule has 4 heteroatoms. The first-order valence-electron chi connectivity index (χ1n) is 7.69. The molecule has 1 heterocycles. The Morgan fingerprint density at radius 3 is 2.67 bits per heavy atom. The number of anilines is 1. The van der Waals surface area contributed by atoms with Crippen molar-refractivity contribution in [2.24, 2.45) is 0 Å². The van der Waals surface area contributed by atoms with E-state index in [1.807, 2.05) is 6.20 Å². The Hall–Kier alpha value is -1.39. The van der Waals surface area contributed by atoms with Gasteiger partial charge in [0.1, 0.15) is 0 Å². The van der Waals surface area contributed by atoms with Crippen LogP contribution in [-0.4, -0.2) is 24.6 Å². The van der Waals surface area contributed by atoms with Crippen molar-refractivity contribution in [1.29, 1.82) is 0 Å². The summed E-state index contributed by atoms with van der Waals surface area (Å²) in [6, 6.07) is 8.59. The Morgan fingerprint density at radius 2 is 1.95 bits per heavy atom.